The molecular formula is C16H13F9N2OS. The molecule has 1 aliphatic rings. The lowest BCUT2D eigenvalue weighted by molar-refractivity contribution is -0.273. The Labute approximate surface area is 163 Å². The number of hydrogen-bond acceptors (Lipinski definition) is 2. The third-order valence-corrected chi connectivity index (χ3v) is 5.28. The van der Waals surface area contributed by atoms with Crippen LogP contribution in [-0.4, -0.2) is 35.2 Å². The summed E-state index contributed by atoms with van der Waals surface area (Å²) in [6.45, 7) is 1.64. The monoisotopic (exact) mass is 452 g/mol. The van der Waals surface area contributed by atoms with Gasteiger partial charge in [-0.15, -0.1) is 0 Å². The highest BCUT2D eigenvalue weighted by molar-refractivity contribution is 8.15. The van der Waals surface area contributed by atoms with E-state index in [2.05, 4.69) is 4.99 Å². The first kappa shape index (κ1) is 23.4. The van der Waals surface area contributed by atoms with Gasteiger partial charge in [-0.05, 0) is 24.6 Å². The predicted octanol–water partition coefficient (Wildman–Crippen LogP) is 5.66. The molecule has 2 rings (SSSR count). The molecule has 0 bridgehead atoms. The molecule has 1 unspecified atom stereocenters. The van der Waals surface area contributed by atoms with E-state index in [4.69, 9.17) is 0 Å². The highest BCUT2D eigenvalue weighted by Gasteiger charge is 2.61. The number of thioether (sulfide) groups is 1. The maximum atomic E-state index is 12.9. The number of nitrogens with zero attached hydrogens (tertiary/aromatic N) is 2. The maximum absolute atomic E-state index is 12.9. The highest BCUT2D eigenvalue weighted by atomic mass is 32.2. The van der Waals surface area contributed by atoms with E-state index in [0.29, 0.717) is 12.5 Å². The third-order valence-electron chi connectivity index (χ3n) is 3.94. The smallest absolute Gasteiger partial charge is 0.320 e. The molecule has 1 heterocycles. The van der Waals surface area contributed by atoms with E-state index in [1.54, 1.807) is 6.92 Å². The van der Waals surface area contributed by atoms with Gasteiger partial charge in [0.15, 0.2) is 5.17 Å². The van der Waals surface area contributed by atoms with Gasteiger partial charge in [0, 0.05) is 17.5 Å². The molecule has 29 heavy (non-hydrogen) atoms. The number of anilines is 1. The average molecular weight is 452 g/mol. The molecule has 0 aliphatic carbocycles. The molecule has 162 valence electrons. The minimum absolute atomic E-state index is 0.0305. The number of hydrogen-bond donors (Lipinski definition) is 0. The number of carbonyl (C=O) groups excluding carboxylic acids is 1. The molecule has 0 aromatic heterocycles. The molecule has 0 radical (unpaired) electrons. The van der Waals surface area contributed by atoms with E-state index < -0.39 is 41.1 Å². The lowest BCUT2D eigenvalue weighted by Crippen LogP contribution is -2.42. The fraction of sp³-hybridized carbons (Fsp3) is 0.500. The summed E-state index contributed by atoms with van der Waals surface area (Å²) >= 11 is 0.733. The normalized spacial score (nSPS) is 20.0. The summed E-state index contributed by atoms with van der Waals surface area (Å²) < 4.78 is 115. The summed E-state index contributed by atoms with van der Waals surface area (Å²) in [5, 5.41) is -0.897. The van der Waals surface area contributed by atoms with Crippen LogP contribution in [-0.2, 0) is 11.0 Å². The fourth-order valence-electron chi connectivity index (χ4n) is 2.52. The van der Waals surface area contributed by atoms with Crippen LogP contribution >= 0.6 is 11.8 Å². The van der Waals surface area contributed by atoms with Gasteiger partial charge in [0.05, 0.1) is 5.56 Å². The van der Waals surface area contributed by atoms with Gasteiger partial charge in [-0.1, -0.05) is 24.8 Å². The summed E-state index contributed by atoms with van der Waals surface area (Å²) in [7, 11) is 0. The zero-order chi connectivity index (χ0) is 22.2. The van der Waals surface area contributed by atoms with Crippen LogP contribution in [0.2, 0.25) is 0 Å². The topological polar surface area (TPSA) is 32.7 Å². The Hall–Kier alpha value is -1.92. The first-order chi connectivity index (χ1) is 13.1. The predicted molar refractivity (Wildman–Crippen MR) is 88.5 cm³/mol. The van der Waals surface area contributed by atoms with Crippen LogP contribution in [0.5, 0.6) is 0 Å². The first-order valence-corrected chi connectivity index (χ1v) is 8.90. The van der Waals surface area contributed by atoms with E-state index in [9.17, 15) is 44.3 Å². The van der Waals surface area contributed by atoms with Crippen molar-refractivity contribution < 1.29 is 44.3 Å². The van der Waals surface area contributed by atoms with Crippen molar-refractivity contribution in [3.8, 4) is 0 Å². The molecule has 0 spiro atoms. The molecule has 0 N–H and O–H groups in total. The Morgan fingerprint density at radius 3 is 2.21 bits per heavy atom. The number of rotatable bonds is 3. The second-order valence-corrected chi connectivity index (χ2v) is 7.32. The minimum Gasteiger partial charge on any atom is -0.320 e. The molecule has 1 amide bonds. The van der Waals surface area contributed by atoms with Crippen molar-refractivity contribution in [2.24, 2.45) is 10.9 Å². The van der Waals surface area contributed by atoms with Gasteiger partial charge in [0.2, 0.25) is 5.92 Å². The lowest BCUT2D eigenvalue weighted by Gasteiger charge is -2.22. The number of amides is 1. The molecule has 1 aromatic rings. The molecule has 0 saturated carbocycles. The molecule has 1 saturated heterocycles. The molecule has 1 aliphatic heterocycles. The van der Waals surface area contributed by atoms with Gasteiger partial charge in [-0.25, -0.2) is 0 Å². The van der Waals surface area contributed by atoms with E-state index in [1.807, 2.05) is 0 Å². The van der Waals surface area contributed by atoms with E-state index in [0.717, 1.165) is 28.8 Å². The molecule has 3 nitrogen and oxygen atoms in total. The summed E-state index contributed by atoms with van der Waals surface area (Å²) in [4.78, 5) is 15.8. The maximum Gasteiger partial charge on any atom is 0.416 e. The van der Waals surface area contributed by atoms with E-state index in [1.165, 1.54) is 6.07 Å². The van der Waals surface area contributed by atoms with Crippen molar-refractivity contribution in [3.63, 3.8) is 0 Å². The summed E-state index contributed by atoms with van der Waals surface area (Å²) in [6, 6.07) is 3.67. The highest BCUT2D eigenvalue weighted by Crippen LogP contribution is 2.41. The number of carbonyl (C=O) groups is 1. The third kappa shape index (κ3) is 5.58. The Bertz CT molecular complexity index is 772. The average Bonchev–Trinajstić information content (AvgIpc) is 2.94. The fourth-order valence-corrected chi connectivity index (χ4v) is 3.66. The summed E-state index contributed by atoms with van der Waals surface area (Å²) in [6.07, 6.45) is -16.1. The molecule has 1 atom stereocenters. The number of benzene rings is 1. The van der Waals surface area contributed by atoms with Crippen molar-refractivity contribution in [3.05, 3.63) is 29.8 Å². The van der Waals surface area contributed by atoms with Crippen LogP contribution in [0.1, 0.15) is 18.9 Å². The zero-order valence-corrected chi connectivity index (χ0v) is 15.3. The van der Waals surface area contributed by atoms with Gasteiger partial charge in [0.1, 0.15) is 0 Å². The lowest BCUT2D eigenvalue weighted by atomic mass is 10.1. The number of halogens is 9. The van der Waals surface area contributed by atoms with Gasteiger partial charge < -0.3 is 4.90 Å². The van der Waals surface area contributed by atoms with Crippen LogP contribution in [0.15, 0.2) is 29.3 Å². The van der Waals surface area contributed by atoms with Gasteiger partial charge >= 0.3 is 18.5 Å². The van der Waals surface area contributed by atoms with Crippen molar-refractivity contribution in [1.29, 1.82) is 0 Å². The van der Waals surface area contributed by atoms with Gasteiger partial charge in [0.25, 0.3) is 5.91 Å². The summed E-state index contributed by atoms with van der Waals surface area (Å²) in [5.41, 5.74) is -1.21. The van der Waals surface area contributed by atoms with Crippen LogP contribution < -0.4 is 4.90 Å². The Kier molecular flexibility index (Phi) is 6.50. The van der Waals surface area contributed by atoms with Crippen molar-refractivity contribution in [2.45, 2.75) is 37.1 Å². The Morgan fingerprint density at radius 1 is 1.14 bits per heavy atom. The SMILES string of the molecule is CCC1CN(c2cccc(C(F)(F)F)c2)C(=NC(=O)C(C(F)(F)F)C(F)(F)F)S1. The van der Waals surface area contributed by atoms with Crippen molar-refractivity contribution >= 4 is 28.5 Å². The quantitative estimate of drug-likeness (QED) is 0.555. The largest absolute Gasteiger partial charge is 0.416 e. The van der Waals surface area contributed by atoms with E-state index >= 15 is 0 Å². The molecule has 1 fully saturated rings. The van der Waals surface area contributed by atoms with Crippen LogP contribution in [0.3, 0.4) is 0 Å². The molecule has 13 heteroatoms. The van der Waals surface area contributed by atoms with Gasteiger partial charge in [-0.3, -0.25) is 4.79 Å². The van der Waals surface area contributed by atoms with Crippen molar-refractivity contribution in [1.82, 2.24) is 0 Å². The van der Waals surface area contributed by atoms with Crippen LogP contribution in [0.25, 0.3) is 0 Å². The van der Waals surface area contributed by atoms with Crippen molar-refractivity contribution in [2.75, 3.05) is 11.4 Å². The molecular weight excluding hydrogens is 439 g/mol. The number of aliphatic imine (C=N–C) groups is 1. The standard InChI is InChI=1S/C16H13F9N2OS/c1-2-10-7-27(9-5-3-4-8(6-9)14(17,18)19)13(29-10)26-12(28)11(15(20,21)22)16(23,24)25/h3-6,10-11H,2,7H2,1H3. The second kappa shape index (κ2) is 8.07. The first-order valence-electron chi connectivity index (χ1n) is 8.02. The summed E-state index contributed by atoms with van der Waals surface area (Å²) in [5.74, 6) is -6.78. The Morgan fingerprint density at radius 2 is 1.72 bits per heavy atom. The number of amidine groups is 1. The minimum atomic E-state index is -5.91. The molecule has 1 aromatic carbocycles. The van der Waals surface area contributed by atoms with Crippen LogP contribution in [0, 0.1) is 5.92 Å². The second-order valence-electron chi connectivity index (χ2n) is 6.06. The van der Waals surface area contributed by atoms with Crippen LogP contribution in [0.4, 0.5) is 45.2 Å². The van der Waals surface area contributed by atoms with E-state index in [-0.39, 0.29) is 17.5 Å². The Balaban J connectivity index is 2.45. The van der Waals surface area contributed by atoms with Gasteiger partial charge in [-0.2, -0.15) is 44.5 Å². The zero-order valence-electron chi connectivity index (χ0n) is 14.5. The number of alkyl halides is 9.